The maximum absolute atomic E-state index is 11.1. The highest BCUT2D eigenvalue weighted by Gasteiger charge is 2.49. The van der Waals surface area contributed by atoms with Gasteiger partial charge in [-0.3, -0.25) is 10.1 Å². The van der Waals surface area contributed by atoms with E-state index >= 15 is 0 Å². The first-order chi connectivity index (χ1) is 14.0. The number of halogens is 1. The van der Waals surface area contributed by atoms with Crippen molar-refractivity contribution in [2.24, 2.45) is 5.10 Å². The van der Waals surface area contributed by atoms with E-state index in [1.165, 1.54) is 12.1 Å². The van der Waals surface area contributed by atoms with Crippen LogP contribution >= 0.6 is 27.3 Å². The first-order valence-electron chi connectivity index (χ1n) is 9.10. The zero-order valence-corrected chi connectivity index (χ0v) is 17.8. The molecule has 0 radical (unpaired) electrons. The number of non-ortho nitro benzene ring substituents is 1. The summed E-state index contributed by atoms with van der Waals surface area (Å²) in [5, 5.41) is 20.1. The zero-order chi connectivity index (χ0) is 20.2. The van der Waals surface area contributed by atoms with Gasteiger partial charge in [-0.25, -0.2) is 5.01 Å². The summed E-state index contributed by atoms with van der Waals surface area (Å²) in [5.41, 5.74) is 2.10. The minimum atomic E-state index is -0.875. The molecule has 3 aromatic rings. The van der Waals surface area contributed by atoms with Crippen LogP contribution in [0.3, 0.4) is 0 Å². The minimum Gasteiger partial charge on any atom is -0.462 e. The Morgan fingerprint density at radius 3 is 2.76 bits per heavy atom. The van der Waals surface area contributed by atoms with Crippen LogP contribution in [0, 0.1) is 10.1 Å². The van der Waals surface area contributed by atoms with E-state index in [0.717, 1.165) is 38.4 Å². The summed E-state index contributed by atoms with van der Waals surface area (Å²) in [5.74, 6) is 0.804. The van der Waals surface area contributed by atoms with Crippen molar-refractivity contribution in [1.29, 1.82) is 0 Å². The monoisotopic (exact) mass is 469 g/mol. The molecule has 0 N–H and O–H groups in total. The van der Waals surface area contributed by atoms with E-state index in [2.05, 4.69) is 28.1 Å². The van der Waals surface area contributed by atoms with Crippen LogP contribution in [-0.4, -0.2) is 15.6 Å². The molecule has 0 aliphatic carbocycles. The van der Waals surface area contributed by atoms with Crippen molar-refractivity contribution in [3.8, 4) is 5.75 Å². The quantitative estimate of drug-likeness (QED) is 0.357. The molecular formula is C21H16BrN3O3S. The van der Waals surface area contributed by atoms with Crippen LogP contribution in [0.5, 0.6) is 5.75 Å². The van der Waals surface area contributed by atoms with Crippen LogP contribution in [0.2, 0.25) is 0 Å². The van der Waals surface area contributed by atoms with Gasteiger partial charge in [0.05, 0.1) is 21.6 Å². The molecule has 2 aliphatic heterocycles. The van der Waals surface area contributed by atoms with E-state index in [1.807, 2.05) is 35.5 Å². The van der Waals surface area contributed by atoms with Gasteiger partial charge in [-0.05, 0) is 41.8 Å². The molecule has 146 valence electrons. The van der Waals surface area contributed by atoms with Crippen LogP contribution in [0.25, 0.3) is 0 Å². The standard InChI is InChI=1S/C21H16BrN3O3S/c1-21(13-4-7-15(8-5-13)25(26)27)24-18(12-17(23-24)20-3-2-10-29-20)16-11-14(22)6-9-19(16)28-21/h2-11,18H,12H2,1H3. The number of hydrogen-bond donors (Lipinski definition) is 0. The molecule has 0 bridgehead atoms. The molecule has 0 amide bonds. The minimum absolute atomic E-state index is 0.0218. The number of ether oxygens (including phenoxy) is 1. The third-order valence-corrected chi connectivity index (χ3v) is 6.82. The number of hydrogen-bond acceptors (Lipinski definition) is 6. The van der Waals surface area contributed by atoms with E-state index in [1.54, 1.807) is 23.5 Å². The molecule has 0 spiro atoms. The van der Waals surface area contributed by atoms with E-state index in [9.17, 15) is 10.1 Å². The second-order valence-electron chi connectivity index (χ2n) is 7.16. The average molecular weight is 470 g/mol. The summed E-state index contributed by atoms with van der Waals surface area (Å²) < 4.78 is 7.46. The SMILES string of the molecule is CC1(c2ccc([N+](=O)[O-])cc2)Oc2ccc(Br)cc2C2CC(c3cccs3)=NN21. The Labute approximate surface area is 179 Å². The van der Waals surface area contributed by atoms with Gasteiger partial charge >= 0.3 is 0 Å². The number of fused-ring (bicyclic) bond motifs is 3. The summed E-state index contributed by atoms with van der Waals surface area (Å²) in [7, 11) is 0. The first kappa shape index (κ1) is 18.3. The smallest absolute Gasteiger partial charge is 0.269 e. The summed E-state index contributed by atoms with van der Waals surface area (Å²) in [6.45, 7) is 1.97. The number of nitrogens with zero attached hydrogens (tertiary/aromatic N) is 3. The van der Waals surface area contributed by atoms with E-state index < -0.39 is 10.6 Å². The zero-order valence-electron chi connectivity index (χ0n) is 15.4. The molecule has 0 saturated heterocycles. The van der Waals surface area contributed by atoms with E-state index in [0.29, 0.717) is 0 Å². The van der Waals surface area contributed by atoms with Crippen molar-refractivity contribution in [3.05, 3.63) is 90.6 Å². The van der Waals surface area contributed by atoms with Gasteiger partial charge in [-0.15, -0.1) is 11.3 Å². The Balaban J connectivity index is 1.64. The lowest BCUT2D eigenvalue weighted by Crippen LogP contribution is -2.48. The molecule has 6 nitrogen and oxygen atoms in total. The van der Waals surface area contributed by atoms with Gasteiger partial charge in [-0.2, -0.15) is 5.10 Å². The number of thiophene rings is 1. The molecule has 8 heteroatoms. The Morgan fingerprint density at radius 2 is 2.07 bits per heavy atom. The van der Waals surface area contributed by atoms with Gasteiger partial charge < -0.3 is 4.74 Å². The molecular weight excluding hydrogens is 454 g/mol. The molecule has 3 heterocycles. The van der Waals surface area contributed by atoms with Crippen molar-refractivity contribution >= 4 is 38.7 Å². The van der Waals surface area contributed by atoms with E-state index in [4.69, 9.17) is 9.84 Å². The fraction of sp³-hybridized carbons (Fsp3) is 0.190. The summed E-state index contributed by atoms with van der Waals surface area (Å²) >= 11 is 5.23. The number of nitro groups is 1. The fourth-order valence-corrected chi connectivity index (χ4v) is 5.05. The maximum atomic E-state index is 11.1. The number of benzene rings is 2. The summed E-state index contributed by atoms with van der Waals surface area (Å²) in [4.78, 5) is 11.8. The third-order valence-electron chi connectivity index (χ3n) is 5.41. The van der Waals surface area contributed by atoms with Gasteiger partial charge in [0.15, 0.2) is 0 Å². The predicted octanol–water partition coefficient (Wildman–Crippen LogP) is 5.84. The van der Waals surface area contributed by atoms with Gasteiger partial charge in [0.2, 0.25) is 5.72 Å². The Bertz CT molecular complexity index is 1130. The molecule has 2 atom stereocenters. The second kappa shape index (κ2) is 6.67. The summed E-state index contributed by atoms with van der Waals surface area (Å²) in [6.07, 6.45) is 0.774. The van der Waals surface area contributed by atoms with Crippen LogP contribution in [-0.2, 0) is 5.72 Å². The molecule has 29 heavy (non-hydrogen) atoms. The number of hydrazone groups is 1. The Hall–Kier alpha value is -2.71. The number of nitro benzene ring substituents is 1. The molecule has 2 unspecified atom stereocenters. The maximum Gasteiger partial charge on any atom is 0.269 e. The molecule has 1 aromatic heterocycles. The number of rotatable bonds is 3. The molecule has 2 aromatic carbocycles. The van der Waals surface area contributed by atoms with Crippen molar-refractivity contribution in [2.75, 3.05) is 0 Å². The largest absolute Gasteiger partial charge is 0.462 e. The second-order valence-corrected chi connectivity index (χ2v) is 9.02. The molecule has 5 rings (SSSR count). The van der Waals surface area contributed by atoms with Crippen molar-refractivity contribution in [3.63, 3.8) is 0 Å². The predicted molar refractivity (Wildman–Crippen MR) is 115 cm³/mol. The van der Waals surface area contributed by atoms with Crippen molar-refractivity contribution in [2.45, 2.75) is 25.1 Å². The van der Waals surface area contributed by atoms with Crippen molar-refractivity contribution in [1.82, 2.24) is 5.01 Å². The topological polar surface area (TPSA) is 68.0 Å². The van der Waals surface area contributed by atoms with E-state index in [-0.39, 0.29) is 11.7 Å². The Morgan fingerprint density at radius 1 is 1.28 bits per heavy atom. The van der Waals surface area contributed by atoms with Gasteiger partial charge in [-0.1, -0.05) is 22.0 Å². The lowest BCUT2D eigenvalue weighted by atomic mass is 9.93. The Kier molecular flexibility index (Phi) is 4.22. The van der Waals surface area contributed by atoms with Gasteiger partial charge in [0.1, 0.15) is 5.75 Å². The lowest BCUT2D eigenvalue weighted by Gasteiger charge is -2.46. The fourth-order valence-electron chi connectivity index (χ4n) is 3.95. The van der Waals surface area contributed by atoms with Crippen LogP contribution in [0.15, 0.2) is 69.6 Å². The first-order valence-corrected chi connectivity index (χ1v) is 10.8. The molecule has 2 aliphatic rings. The molecule has 0 fully saturated rings. The van der Waals surface area contributed by atoms with Crippen molar-refractivity contribution < 1.29 is 9.66 Å². The lowest BCUT2D eigenvalue weighted by molar-refractivity contribution is -0.384. The third kappa shape index (κ3) is 2.94. The highest BCUT2D eigenvalue weighted by atomic mass is 79.9. The summed E-state index contributed by atoms with van der Waals surface area (Å²) in [6, 6.07) is 16.6. The highest BCUT2D eigenvalue weighted by molar-refractivity contribution is 9.10. The normalized spacial score (nSPS) is 22.5. The highest BCUT2D eigenvalue weighted by Crippen LogP contribution is 2.51. The average Bonchev–Trinajstić information content (AvgIpc) is 3.39. The van der Waals surface area contributed by atoms with Crippen LogP contribution in [0.1, 0.15) is 35.4 Å². The van der Waals surface area contributed by atoms with Crippen LogP contribution < -0.4 is 4.74 Å². The van der Waals surface area contributed by atoms with Crippen LogP contribution in [0.4, 0.5) is 5.69 Å². The van der Waals surface area contributed by atoms with Gasteiger partial charge in [0, 0.05) is 41.1 Å². The molecule has 0 saturated carbocycles. The van der Waals surface area contributed by atoms with Gasteiger partial charge in [0.25, 0.3) is 5.69 Å².